The van der Waals surface area contributed by atoms with E-state index in [1.807, 2.05) is 0 Å². The predicted octanol–water partition coefficient (Wildman–Crippen LogP) is 0.323. The van der Waals surface area contributed by atoms with Gasteiger partial charge in [0.25, 0.3) is 5.17 Å². The molecule has 0 amide bonds. The molecule has 0 aromatic carbocycles. The Kier molecular flexibility index (Phi) is 3.81. The second kappa shape index (κ2) is 4.12. The van der Waals surface area contributed by atoms with E-state index in [9.17, 15) is 4.79 Å². The summed E-state index contributed by atoms with van der Waals surface area (Å²) < 4.78 is 4.83. The van der Waals surface area contributed by atoms with Crippen LogP contribution in [0.25, 0.3) is 0 Å². The SMILES string of the molecule is C[C@H](OC(=S)N(C)C)C(=O)O. The zero-order valence-corrected chi connectivity index (χ0v) is 7.51. The Hall–Kier alpha value is -0.840. The summed E-state index contributed by atoms with van der Waals surface area (Å²) in [6.07, 6.45) is -0.884. The van der Waals surface area contributed by atoms with Gasteiger partial charge < -0.3 is 14.7 Å². The molecule has 0 unspecified atom stereocenters. The molecule has 11 heavy (non-hydrogen) atoms. The van der Waals surface area contributed by atoms with Crippen molar-refractivity contribution in [2.24, 2.45) is 0 Å². The molecule has 0 aliphatic rings. The van der Waals surface area contributed by atoms with Crippen molar-refractivity contribution in [2.75, 3.05) is 14.1 Å². The molecule has 0 heterocycles. The van der Waals surface area contributed by atoms with Crippen LogP contribution in [-0.4, -0.2) is 41.3 Å². The first-order chi connectivity index (χ1) is 4.95. The molecule has 0 rings (SSSR count). The van der Waals surface area contributed by atoms with E-state index < -0.39 is 12.1 Å². The van der Waals surface area contributed by atoms with Crippen LogP contribution in [0.5, 0.6) is 0 Å². The molecule has 0 bridgehead atoms. The van der Waals surface area contributed by atoms with E-state index in [1.165, 1.54) is 11.8 Å². The van der Waals surface area contributed by atoms with Crippen LogP contribution in [0, 0.1) is 0 Å². The van der Waals surface area contributed by atoms with Gasteiger partial charge in [-0.1, -0.05) is 0 Å². The molecular weight excluding hydrogens is 166 g/mol. The molecule has 0 saturated heterocycles. The van der Waals surface area contributed by atoms with E-state index in [0.29, 0.717) is 0 Å². The number of carbonyl (C=O) groups is 1. The number of thiocarbonyl (C=S) groups is 1. The first-order valence-corrected chi connectivity index (χ1v) is 3.46. The molecule has 0 aliphatic carbocycles. The summed E-state index contributed by atoms with van der Waals surface area (Å²) in [5.41, 5.74) is 0. The fourth-order valence-electron chi connectivity index (χ4n) is 0.307. The Morgan fingerprint density at radius 1 is 1.64 bits per heavy atom. The number of carboxylic acids is 1. The molecule has 0 aromatic rings. The Labute approximate surface area is 70.8 Å². The van der Waals surface area contributed by atoms with E-state index in [2.05, 4.69) is 0 Å². The highest BCUT2D eigenvalue weighted by Gasteiger charge is 2.14. The van der Waals surface area contributed by atoms with E-state index in [1.54, 1.807) is 14.1 Å². The van der Waals surface area contributed by atoms with Gasteiger partial charge in [0.2, 0.25) is 0 Å². The first-order valence-electron chi connectivity index (χ1n) is 3.06. The lowest BCUT2D eigenvalue weighted by molar-refractivity contribution is -0.144. The Balaban J connectivity index is 3.85. The quantitative estimate of drug-likeness (QED) is 0.616. The van der Waals surface area contributed by atoms with Crippen molar-refractivity contribution >= 4 is 23.4 Å². The monoisotopic (exact) mass is 177 g/mol. The van der Waals surface area contributed by atoms with E-state index in [-0.39, 0.29) is 5.17 Å². The van der Waals surface area contributed by atoms with Crippen LogP contribution in [0.15, 0.2) is 0 Å². The van der Waals surface area contributed by atoms with Crippen molar-refractivity contribution in [1.82, 2.24) is 4.90 Å². The van der Waals surface area contributed by atoms with Crippen LogP contribution in [-0.2, 0) is 9.53 Å². The molecule has 1 atom stereocenters. The Morgan fingerprint density at radius 3 is 2.36 bits per heavy atom. The molecule has 0 aliphatic heterocycles. The number of aliphatic carboxylic acids is 1. The second-order valence-electron chi connectivity index (χ2n) is 2.26. The van der Waals surface area contributed by atoms with Crippen LogP contribution < -0.4 is 0 Å². The van der Waals surface area contributed by atoms with Crippen LogP contribution >= 0.6 is 12.2 Å². The summed E-state index contributed by atoms with van der Waals surface area (Å²) in [4.78, 5) is 11.8. The minimum Gasteiger partial charge on any atom is -0.479 e. The maximum atomic E-state index is 10.3. The molecule has 0 spiro atoms. The van der Waals surface area contributed by atoms with Gasteiger partial charge in [-0.2, -0.15) is 0 Å². The van der Waals surface area contributed by atoms with Gasteiger partial charge in [-0.15, -0.1) is 0 Å². The summed E-state index contributed by atoms with van der Waals surface area (Å²) in [7, 11) is 3.38. The largest absolute Gasteiger partial charge is 0.479 e. The van der Waals surface area contributed by atoms with Crippen molar-refractivity contribution in [3.05, 3.63) is 0 Å². The fourth-order valence-corrected chi connectivity index (χ4v) is 0.451. The lowest BCUT2D eigenvalue weighted by atomic mass is 10.4. The van der Waals surface area contributed by atoms with Gasteiger partial charge in [-0.3, -0.25) is 0 Å². The minimum absolute atomic E-state index is 0.180. The van der Waals surface area contributed by atoms with E-state index in [4.69, 9.17) is 22.1 Å². The number of hydrogen-bond donors (Lipinski definition) is 1. The molecule has 5 heteroatoms. The molecule has 0 fully saturated rings. The lowest BCUT2D eigenvalue weighted by Gasteiger charge is -2.16. The molecule has 4 nitrogen and oxygen atoms in total. The van der Waals surface area contributed by atoms with Crippen LogP contribution in [0.3, 0.4) is 0 Å². The van der Waals surface area contributed by atoms with E-state index >= 15 is 0 Å². The van der Waals surface area contributed by atoms with Gasteiger partial charge >= 0.3 is 5.97 Å². The van der Waals surface area contributed by atoms with Crippen LogP contribution in [0.1, 0.15) is 6.92 Å². The molecule has 1 N–H and O–H groups in total. The van der Waals surface area contributed by atoms with Gasteiger partial charge in [-0.05, 0) is 19.1 Å². The topological polar surface area (TPSA) is 49.8 Å². The summed E-state index contributed by atoms with van der Waals surface area (Å²) in [5, 5.41) is 8.59. The maximum absolute atomic E-state index is 10.3. The second-order valence-corrected chi connectivity index (χ2v) is 2.61. The summed E-state index contributed by atoms with van der Waals surface area (Å²) in [6.45, 7) is 1.43. The minimum atomic E-state index is -1.02. The Morgan fingerprint density at radius 2 is 2.09 bits per heavy atom. The number of hydrogen-bond acceptors (Lipinski definition) is 3. The molecule has 64 valence electrons. The average molecular weight is 177 g/mol. The van der Waals surface area contributed by atoms with Gasteiger partial charge in [0.15, 0.2) is 6.10 Å². The number of nitrogens with zero attached hydrogens (tertiary/aromatic N) is 1. The lowest BCUT2D eigenvalue weighted by Crippen LogP contribution is -2.30. The van der Waals surface area contributed by atoms with Crippen molar-refractivity contribution in [2.45, 2.75) is 13.0 Å². The summed E-state index contributed by atoms with van der Waals surface area (Å²) >= 11 is 4.71. The zero-order chi connectivity index (χ0) is 9.02. The smallest absolute Gasteiger partial charge is 0.344 e. The van der Waals surface area contributed by atoms with Gasteiger partial charge in [0.05, 0.1) is 0 Å². The highest BCUT2D eigenvalue weighted by Crippen LogP contribution is 1.94. The third-order valence-corrected chi connectivity index (χ3v) is 1.45. The van der Waals surface area contributed by atoms with Gasteiger partial charge in [0.1, 0.15) is 0 Å². The fraction of sp³-hybridized carbons (Fsp3) is 0.667. The van der Waals surface area contributed by atoms with Crippen LogP contribution in [0.4, 0.5) is 0 Å². The molecular formula is C6H11NO3S. The third kappa shape index (κ3) is 3.77. The van der Waals surface area contributed by atoms with Crippen molar-refractivity contribution < 1.29 is 14.6 Å². The summed E-state index contributed by atoms with van der Waals surface area (Å²) in [5.74, 6) is -1.02. The predicted molar refractivity (Wildman–Crippen MR) is 44.5 cm³/mol. The van der Waals surface area contributed by atoms with Crippen molar-refractivity contribution in [3.63, 3.8) is 0 Å². The van der Waals surface area contributed by atoms with Gasteiger partial charge in [0, 0.05) is 14.1 Å². The summed E-state index contributed by atoms with van der Waals surface area (Å²) in [6, 6.07) is 0. The highest BCUT2D eigenvalue weighted by molar-refractivity contribution is 7.80. The van der Waals surface area contributed by atoms with Crippen molar-refractivity contribution in [3.8, 4) is 0 Å². The first kappa shape index (κ1) is 10.2. The molecule has 0 aromatic heterocycles. The third-order valence-electron chi connectivity index (χ3n) is 0.991. The number of carboxylic acid groups (broad SMARTS) is 1. The zero-order valence-electron chi connectivity index (χ0n) is 6.70. The van der Waals surface area contributed by atoms with E-state index in [0.717, 1.165) is 0 Å². The van der Waals surface area contributed by atoms with Gasteiger partial charge in [-0.25, -0.2) is 4.79 Å². The van der Waals surface area contributed by atoms with Crippen molar-refractivity contribution in [1.29, 1.82) is 0 Å². The van der Waals surface area contributed by atoms with Crippen LogP contribution in [0.2, 0.25) is 0 Å². The maximum Gasteiger partial charge on any atom is 0.344 e. The number of ether oxygens (including phenoxy) is 1. The highest BCUT2D eigenvalue weighted by atomic mass is 32.1. The average Bonchev–Trinajstić information content (AvgIpc) is 1.87. The molecule has 0 saturated carbocycles. The standard InChI is InChI=1S/C6H11NO3S/c1-4(5(8)9)10-6(11)7(2)3/h4H,1-3H3,(H,8,9)/t4-/m0/s1. The molecule has 0 radical (unpaired) electrons. The number of rotatable bonds is 2. The normalized spacial score (nSPS) is 11.9. The Bertz CT molecular complexity index is 169.